The molecule has 1 atom stereocenters. The van der Waals surface area contributed by atoms with Crippen LogP contribution >= 0.6 is 0 Å². The quantitative estimate of drug-likeness (QED) is 0.610. The molecule has 0 N–H and O–H groups in total. The summed E-state index contributed by atoms with van der Waals surface area (Å²) < 4.78 is 5.28. The molecule has 0 saturated carbocycles. The van der Waals surface area contributed by atoms with Crippen LogP contribution in [0.3, 0.4) is 0 Å². The molecule has 0 spiro atoms. The van der Waals surface area contributed by atoms with Crippen LogP contribution in [0.5, 0.6) is 0 Å². The van der Waals surface area contributed by atoms with Crippen LogP contribution in [0, 0.1) is 5.41 Å². The van der Waals surface area contributed by atoms with E-state index in [-0.39, 0.29) is 11.4 Å². The van der Waals surface area contributed by atoms with Gasteiger partial charge in [-0.05, 0) is 33.9 Å². The predicted molar refractivity (Wildman–Crippen MR) is 62.8 cm³/mol. The van der Waals surface area contributed by atoms with Gasteiger partial charge in [-0.1, -0.05) is 20.3 Å². The third-order valence-electron chi connectivity index (χ3n) is 2.85. The fourth-order valence-corrected chi connectivity index (χ4v) is 1.47. The van der Waals surface area contributed by atoms with Gasteiger partial charge in [0.1, 0.15) is 6.61 Å². The Bertz CT molecular complexity index is 192. The summed E-state index contributed by atoms with van der Waals surface area (Å²) in [5.41, 5.74) is -0.291. The number of ether oxygens (including phenoxy) is 1. The Morgan fingerprint density at radius 3 is 2.33 bits per heavy atom. The maximum absolute atomic E-state index is 11.8. The molecule has 15 heavy (non-hydrogen) atoms. The van der Waals surface area contributed by atoms with E-state index < -0.39 is 0 Å². The second-order valence-electron chi connectivity index (χ2n) is 4.60. The van der Waals surface area contributed by atoms with Crippen LogP contribution in [0.1, 0.15) is 40.0 Å². The largest absolute Gasteiger partial charge is 0.464 e. The number of rotatable bonds is 7. The number of nitrogens with zero attached hydrogens (tertiary/aromatic N) is 1. The van der Waals surface area contributed by atoms with Crippen molar-refractivity contribution >= 4 is 5.97 Å². The topological polar surface area (TPSA) is 29.5 Å². The molecule has 3 heteroatoms. The highest BCUT2D eigenvalue weighted by molar-refractivity contribution is 5.76. The van der Waals surface area contributed by atoms with Crippen molar-refractivity contribution in [3.63, 3.8) is 0 Å². The van der Waals surface area contributed by atoms with Gasteiger partial charge in [-0.3, -0.25) is 4.79 Å². The first kappa shape index (κ1) is 14.4. The van der Waals surface area contributed by atoms with E-state index in [4.69, 9.17) is 4.74 Å². The van der Waals surface area contributed by atoms with E-state index in [1.807, 2.05) is 32.8 Å². The van der Waals surface area contributed by atoms with Crippen LogP contribution in [-0.4, -0.2) is 38.1 Å². The fourth-order valence-electron chi connectivity index (χ4n) is 1.47. The highest BCUT2D eigenvalue weighted by Crippen LogP contribution is 2.28. The summed E-state index contributed by atoms with van der Waals surface area (Å²) in [7, 11) is 3.94. The number of carbonyl (C=O) groups is 1. The van der Waals surface area contributed by atoms with Gasteiger partial charge in [0.05, 0.1) is 5.41 Å². The smallest absolute Gasteiger partial charge is 0.311 e. The normalized spacial score (nSPS) is 15.1. The van der Waals surface area contributed by atoms with E-state index in [0.717, 1.165) is 25.8 Å². The Hall–Kier alpha value is -0.570. The molecule has 0 fully saturated rings. The number of hydrogen-bond acceptors (Lipinski definition) is 3. The van der Waals surface area contributed by atoms with Gasteiger partial charge in [0.25, 0.3) is 0 Å². The molecule has 0 bridgehead atoms. The molecule has 90 valence electrons. The highest BCUT2D eigenvalue weighted by atomic mass is 16.5. The first-order valence-corrected chi connectivity index (χ1v) is 5.78. The minimum absolute atomic E-state index is 0.0475. The van der Waals surface area contributed by atoms with E-state index in [1.165, 1.54) is 0 Å². The second-order valence-corrected chi connectivity index (χ2v) is 4.60. The molecule has 0 rings (SSSR count). The van der Waals surface area contributed by atoms with Crippen LogP contribution in [0.25, 0.3) is 0 Å². The number of hydrogen-bond donors (Lipinski definition) is 0. The molecule has 0 aliphatic rings. The Morgan fingerprint density at radius 1 is 1.33 bits per heavy atom. The van der Waals surface area contributed by atoms with Crippen LogP contribution in [0.15, 0.2) is 0 Å². The van der Waals surface area contributed by atoms with Gasteiger partial charge in [-0.15, -0.1) is 0 Å². The summed E-state index contributed by atoms with van der Waals surface area (Å²) >= 11 is 0. The molecule has 1 unspecified atom stereocenters. The summed E-state index contributed by atoms with van der Waals surface area (Å²) in [5, 5.41) is 0. The third kappa shape index (κ3) is 5.17. The maximum atomic E-state index is 11.8. The van der Waals surface area contributed by atoms with Crippen LogP contribution in [0.4, 0.5) is 0 Å². The van der Waals surface area contributed by atoms with Gasteiger partial charge in [0, 0.05) is 6.54 Å². The zero-order chi connectivity index (χ0) is 11.9. The summed E-state index contributed by atoms with van der Waals surface area (Å²) in [6.07, 6.45) is 2.78. The van der Waals surface area contributed by atoms with Crippen molar-refractivity contribution in [2.24, 2.45) is 5.41 Å². The van der Waals surface area contributed by atoms with Crippen molar-refractivity contribution in [2.45, 2.75) is 40.0 Å². The minimum Gasteiger partial charge on any atom is -0.464 e. The number of carbonyl (C=O) groups excluding carboxylic acids is 1. The van der Waals surface area contributed by atoms with Crippen LogP contribution in [-0.2, 0) is 9.53 Å². The standard InChI is InChI=1S/C12H25NO2/c1-6-8-12(3,7-2)11(14)15-10-9-13(4)5/h6-10H2,1-5H3. The van der Waals surface area contributed by atoms with Crippen molar-refractivity contribution in [1.82, 2.24) is 4.90 Å². The molecule has 3 nitrogen and oxygen atoms in total. The van der Waals surface area contributed by atoms with Gasteiger partial charge in [-0.2, -0.15) is 0 Å². The van der Waals surface area contributed by atoms with E-state index in [0.29, 0.717) is 6.61 Å². The van der Waals surface area contributed by atoms with Crippen molar-refractivity contribution in [1.29, 1.82) is 0 Å². The first-order valence-electron chi connectivity index (χ1n) is 5.78. The molecule has 0 heterocycles. The van der Waals surface area contributed by atoms with Gasteiger partial charge in [0.15, 0.2) is 0 Å². The van der Waals surface area contributed by atoms with E-state index in [2.05, 4.69) is 6.92 Å². The molecule has 0 amide bonds. The van der Waals surface area contributed by atoms with E-state index >= 15 is 0 Å². The summed E-state index contributed by atoms with van der Waals surface area (Å²) in [5.74, 6) is -0.0475. The van der Waals surface area contributed by atoms with Crippen molar-refractivity contribution in [2.75, 3.05) is 27.2 Å². The van der Waals surface area contributed by atoms with Crippen LogP contribution in [0.2, 0.25) is 0 Å². The number of likely N-dealkylation sites (N-methyl/N-ethyl adjacent to an activating group) is 1. The summed E-state index contributed by atoms with van der Waals surface area (Å²) in [4.78, 5) is 13.8. The lowest BCUT2D eigenvalue weighted by atomic mass is 9.83. The van der Waals surface area contributed by atoms with Gasteiger partial charge in [0.2, 0.25) is 0 Å². The zero-order valence-electron chi connectivity index (χ0n) is 10.8. The Kier molecular flexibility index (Phi) is 6.57. The number of esters is 1. The second kappa shape index (κ2) is 6.83. The average Bonchev–Trinajstić information content (AvgIpc) is 2.17. The predicted octanol–water partition coefficient (Wildman–Crippen LogP) is 2.31. The highest BCUT2D eigenvalue weighted by Gasteiger charge is 2.31. The molecular weight excluding hydrogens is 190 g/mol. The maximum Gasteiger partial charge on any atom is 0.311 e. The first-order chi connectivity index (χ1) is 6.96. The van der Waals surface area contributed by atoms with Crippen molar-refractivity contribution in [3.05, 3.63) is 0 Å². The van der Waals surface area contributed by atoms with Gasteiger partial charge >= 0.3 is 5.97 Å². The minimum atomic E-state index is -0.291. The third-order valence-corrected chi connectivity index (χ3v) is 2.85. The van der Waals surface area contributed by atoms with Gasteiger partial charge in [-0.25, -0.2) is 0 Å². The molecule has 0 aromatic rings. The summed E-state index contributed by atoms with van der Waals surface area (Å²) in [6.45, 7) is 7.42. The van der Waals surface area contributed by atoms with Crippen molar-refractivity contribution in [3.8, 4) is 0 Å². The Labute approximate surface area is 93.8 Å². The SMILES string of the molecule is CCCC(C)(CC)C(=O)OCCN(C)C. The zero-order valence-corrected chi connectivity index (χ0v) is 10.8. The molecule has 0 aliphatic carbocycles. The molecule has 0 saturated heterocycles. The Balaban J connectivity index is 4.04. The molecule has 0 aromatic carbocycles. The Morgan fingerprint density at radius 2 is 1.93 bits per heavy atom. The lowest BCUT2D eigenvalue weighted by Crippen LogP contribution is -2.31. The van der Waals surface area contributed by atoms with E-state index in [9.17, 15) is 4.79 Å². The van der Waals surface area contributed by atoms with Gasteiger partial charge < -0.3 is 9.64 Å². The average molecular weight is 215 g/mol. The van der Waals surface area contributed by atoms with Crippen LogP contribution < -0.4 is 0 Å². The molecule has 0 aliphatic heterocycles. The molecular formula is C12H25NO2. The molecule has 0 aromatic heterocycles. The molecule has 0 radical (unpaired) electrons. The van der Waals surface area contributed by atoms with Crippen molar-refractivity contribution < 1.29 is 9.53 Å². The summed E-state index contributed by atoms with van der Waals surface area (Å²) in [6, 6.07) is 0. The lowest BCUT2D eigenvalue weighted by molar-refractivity contribution is -0.156. The fraction of sp³-hybridized carbons (Fsp3) is 0.917. The van der Waals surface area contributed by atoms with E-state index in [1.54, 1.807) is 0 Å². The monoisotopic (exact) mass is 215 g/mol. The lowest BCUT2D eigenvalue weighted by Gasteiger charge is -2.25.